The van der Waals surface area contributed by atoms with Crippen molar-refractivity contribution in [2.24, 2.45) is 0 Å². The maximum absolute atomic E-state index is 14.3. The van der Waals surface area contributed by atoms with E-state index in [0.29, 0.717) is 34.3 Å². The number of nitrogens with zero attached hydrogens (tertiary/aromatic N) is 5. The van der Waals surface area contributed by atoms with E-state index in [0.717, 1.165) is 30.2 Å². The van der Waals surface area contributed by atoms with E-state index < -0.39 is 17.0 Å². The molecule has 0 bridgehead atoms. The zero-order valence-corrected chi connectivity index (χ0v) is 18.1. The summed E-state index contributed by atoms with van der Waals surface area (Å²) in [7, 11) is 0. The topological polar surface area (TPSA) is 85.6 Å². The fraction of sp³-hybridized carbons (Fsp3) is 0.292. The predicted octanol–water partition coefficient (Wildman–Crippen LogP) is 4.32. The highest BCUT2D eigenvalue weighted by Gasteiger charge is 2.45. The molecule has 166 valence electrons. The molecule has 0 atom stereocenters. The van der Waals surface area contributed by atoms with Gasteiger partial charge in [-0.15, -0.1) is 0 Å². The summed E-state index contributed by atoms with van der Waals surface area (Å²) in [6.45, 7) is 3.76. The molecule has 1 aromatic carbocycles. The van der Waals surface area contributed by atoms with Crippen LogP contribution in [0.25, 0.3) is 22.6 Å². The molecular weight excluding hydrogens is 426 g/mol. The summed E-state index contributed by atoms with van der Waals surface area (Å²) in [6, 6.07) is 7.68. The first kappa shape index (κ1) is 19.9. The summed E-state index contributed by atoms with van der Waals surface area (Å²) in [4.78, 5) is 26.5. The minimum atomic E-state index is -0.911. The van der Waals surface area contributed by atoms with Gasteiger partial charge >= 0.3 is 0 Å². The Morgan fingerprint density at radius 1 is 1.15 bits per heavy atom. The van der Waals surface area contributed by atoms with Gasteiger partial charge in [0.15, 0.2) is 23.1 Å². The smallest absolute Gasteiger partial charge is 0.235 e. The Morgan fingerprint density at radius 3 is 2.76 bits per heavy atom. The highest BCUT2D eigenvalue weighted by atomic mass is 19.2. The third kappa shape index (κ3) is 3.02. The van der Waals surface area contributed by atoms with Crippen LogP contribution in [0.1, 0.15) is 49.4 Å². The molecule has 1 aliphatic heterocycles. The second-order valence-electron chi connectivity index (χ2n) is 9.10. The maximum Gasteiger partial charge on any atom is 0.235 e. The van der Waals surface area contributed by atoms with Crippen LogP contribution in [0.4, 0.5) is 14.6 Å². The Labute approximate surface area is 187 Å². The van der Waals surface area contributed by atoms with Crippen molar-refractivity contribution in [1.82, 2.24) is 24.7 Å². The van der Waals surface area contributed by atoms with Crippen LogP contribution in [-0.2, 0) is 16.8 Å². The number of anilines is 1. The Bertz CT molecular complexity index is 1460. The SMILES string of the molecule is CC1(C)C(=O)Nc2nc(-c3nn(Cc4cccc(F)c4F)c4ncccc34)nc(C3CC3)c21. The lowest BCUT2D eigenvalue weighted by Gasteiger charge is -2.18. The molecule has 1 aliphatic carbocycles. The van der Waals surface area contributed by atoms with Crippen LogP contribution < -0.4 is 5.32 Å². The monoisotopic (exact) mass is 446 g/mol. The standard InChI is InChI=1S/C24H20F2N6O/c1-24(2)16-18(12-8-9-12)28-21(29-20(16)30-23(24)33)19-14-6-4-10-27-22(14)32(31-19)11-13-5-3-7-15(25)17(13)26/h3-7,10,12H,8-9,11H2,1-2H3,(H,28,29,30,33). The largest absolute Gasteiger partial charge is 0.310 e. The van der Waals surface area contributed by atoms with Crippen molar-refractivity contribution in [1.29, 1.82) is 0 Å². The molecule has 0 saturated heterocycles. The van der Waals surface area contributed by atoms with Crippen LogP contribution in [0.2, 0.25) is 0 Å². The van der Waals surface area contributed by atoms with E-state index in [1.54, 1.807) is 12.3 Å². The van der Waals surface area contributed by atoms with Crippen molar-refractivity contribution in [3.63, 3.8) is 0 Å². The number of nitrogens with one attached hydrogen (secondary N) is 1. The second-order valence-corrected chi connectivity index (χ2v) is 9.10. The summed E-state index contributed by atoms with van der Waals surface area (Å²) in [5, 5.41) is 8.25. The number of hydrogen-bond donors (Lipinski definition) is 1. The molecule has 2 aliphatic rings. The van der Waals surface area contributed by atoms with Gasteiger partial charge in [0.1, 0.15) is 11.5 Å². The molecule has 1 saturated carbocycles. The fourth-order valence-electron chi connectivity index (χ4n) is 4.44. The number of carbonyl (C=O) groups is 1. The molecule has 33 heavy (non-hydrogen) atoms. The van der Waals surface area contributed by atoms with Gasteiger partial charge in [-0.1, -0.05) is 12.1 Å². The first-order valence-corrected chi connectivity index (χ1v) is 10.8. The van der Waals surface area contributed by atoms with E-state index in [-0.39, 0.29) is 18.0 Å². The van der Waals surface area contributed by atoms with Crippen molar-refractivity contribution < 1.29 is 13.6 Å². The van der Waals surface area contributed by atoms with Crippen molar-refractivity contribution in [2.45, 2.75) is 44.6 Å². The van der Waals surface area contributed by atoms with Crippen molar-refractivity contribution in [2.75, 3.05) is 5.32 Å². The van der Waals surface area contributed by atoms with Crippen molar-refractivity contribution >= 4 is 22.8 Å². The van der Waals surface area contributed by atoms with Gasteiger partial charge in [0.05, 0.1) is 23.0 Å². The summed E-state index contributed by atoms with van der Waals surface area (Å²) in [5.74, 6) is -0.741. The molecule has 1 amide bonds. The summed E-state index contributed by atoms with van der Waals surface area (Å²) >= 11 is 0. The molecule has 0 spiro atoms. The van der Waals surface area contributed by atoms with E-state index in [1.807, 2.05) is 19.9 Å². The lowest BCUT2D eigenvalue weighted by Crippen LogP contribution is -2.27. The molecule has 6 rings (SSSR count). The third-order valence-corrected chi connectivity index (χ3v) is 6.40. The Morgan fingerprint density at radius 2 is 1.97 bits per heavy atom. The number of pyridine rings is 1. The van der Waals surface area contributed by atoms with Crippen LogP contribution in [0.15, 0.2) is 36.5 Å². The first-order chi connectivity index (χ1) is 15.8. The average Bonchev–Trinajstić information content (AvgIpc) is 3.54. The predicted molar refractivity (Wildman–Crippen MR) is 118 cm³/mol. The average molecular weight is 446 g/mol. The molecule has 3 aromatic heterocycles. The van der Waals surface area contributed by atoms with Crippen LogP contribution >= 0.6 is 0 Å². The molecule has 1 N–H and O–H groups in total. The second kappa shape index (κ2) is 6.87. The van der Waals surface area contributed by atoms with Gasteiger partial charge in [-0.05, 0) is 44.9 Å². The zero-order valence-electron chi connectivity index (χ0n) is 18.1. The number of amides is 1. The third-order valence-electron chi connectivity index (χ3n) is 6.40. The number of fused-ring (bicyclic) bond motifs is 2. The van der Waals surface area contributed by atoms with Gasteiger partial charge in [0.25, 0.3) is 0 Å². The summed E-state index contributed by atoms with van der Waals surface area (Å²) in [6.07, 6.45) is 3.65. The fourth-order valence-corrected chi connectivity index (χ4v) is 4.44. The Balaban J connectivity index is 1.52. The lowest BCUT2D eigenvalue weighted by molar-refractivity contribution is -0.119. The quantitative estimate of drug-likeness (QED) is 0.505. The molecule has 4 heterocycles. The molecule has 9 heteroatoms. The van der Waals surface area contributed by atoms with Gasteiger partial charge in [0.2, 0.25) is 5.91 Å². The van der Waals surface area contributed by atoms with Gasteiger partial charge < -0.3 is 5.32 Å². The van der Waals surface area contributed by atoms with Crippen LogP contribution in [0, 0.1) is 11.6 Å². The van der Waals surface area contributed by atoms with E-state index >= 15 is 0 Å². The minimum Gasteiger partial charge on any atom is -0.310 e. The lowest BCUT2D eigenvalue weighted by atomic mass is 9.84. The van der Waals surface area contributed by atoms with Crippen molar-refractivity contribution in [3.05, 3.63) is 65.0 Å². The Kier molecular flexibility index (Phi) is 4.14. The van der Waals surface area contributed by atoms with Crippen molar-refractivity contribution in [3.8, 4) is 11.5 Å². The molecule has 0 radical (unpaired) electrons. The highest BCUT2D eigenvalue weighted by molar-refractivity contribution is 6.05. The number of hydrogen-bond acceptors (Lipinski definition) is 5. The van der Waals surface area contributed by atoms with Gasteiger partial charge in [-0.25, -0.2) is 28.4 Å². The van der Waals surface area contributed by atoms with Crippen LogP contribution in [0.5, 0.6) is 0 Å². The van der Waals surface area contributed by atoms with Gasteiger partial charge in [-0.2, -0.15) is 5.10 Å². The van der Waals surface area contributed by atoms with Crippen LogP contribution in [-0.4, -0.2) is 30.6 Å². The number of halogens is 2. The summed E-state index contributed by atoms with van der Waals surface area (Å²) < 4.78 is 29.6. The molecule has 0 unspecified atom stereocenters. The van der Waals surface area contributed by atoms with Gasteiger partial charge in [0, 0.05) is 23.2 Å². The first-order valence-electron chi connectivity index (χ1n) is 10.8. The minimum absolute atomic E-state index is 0.00129. The van der Waals surface area contributed by atoms with E-state index in [2.05, 4.69) is 20.4 Å². The number of rotatable bonds is 4. The number of aromatic nitrogens is 5. The highest BCUT2D eigenvalue weighted by Crippen LogP contribution is 2.48. The number of carbonyl (C=O) groups excluding carboxylic acids is 1. The summed E-state index contributed by atoms with van der Waals surface area (Å²) in [5.41, 5.74) is 2.18. The molecule has 7 nitrogen and oxygen atoms in total. The zero-order chi connectivity index (χ0) is 22.9. The normalized spacial score (nSPS) is 16.8. The van der Waals surface area contributed by atoms with Gasteiger partial charge in [-0.3, -0.25) is 4.79 Å². The van der Waals surface area contributed by atoms with E-state index in [1.165, 1.54) is 16.8 Å². The molecule has 1 fully saturated rings. The van der Waals surface area contributed by atoms with E-state index in [4.69, 9.17) is 4.98 Å². The Hall–Kier alpha value is -3.75. The molecule has 4 aromatic rings. The number of benzene rings is 1. The van der Waals surface area contributed by atoms with Crippen LogP contribution in [0.3, 0.4) is 0 Å². The van der Waals surface area contributed by atoms with E-state index in [9.17, 15) is 13.6 Å². The maximum atomic E-state index is 14.3. The molecular formula is C24H20F2N6O.